The van der Waals surface area contributed by atoms with Crippen LogP contribution < -0.4 is 31.2 Å². The topological polar surface area (TPSA) is 35.8 Å². The second-order valence-electron chi connectivity index (χ2n) is 31.6. The first-order valence-corrected chi connectivity index (χ1v) is 31.0. The standard InChI is InChI=1S/C79H91BN4O/c1-73(2,3)53-28-26-51(27-29-53)50-22-24-52(25-23-50)71-81-70-72(85-71)84(64-45-57(77(13,14)15)44-58(46-64)78(16,17)18)68-48-59(79(19,20)21)47-67-69(68)80(70)65-43-42-63(49-66(65)83(67)62-40-34-56(35-41-62)76(10,11)12)82(60-36-30-54(31-37-60)74(4,5)6)61-38-32-55(33-39-61)75(7,8)9/h22-49H,1-21H3. The lowest BCUT2D eigenvalue weighted by Crippen LogP contribution is -2.61. The van der Waals surface area contributed by atoms with Gasteiger partial charge in [0, 0.05) is 51.1 Å². The molecule has 0 unspecified atom stereocenters. The lowest BCUT2D eigenvalue weighted by atomic mass is 9.35. The molecule has 0 aliphatic carbocycles. The van der Waals surface area contributed by atoms with Crippen molar-refractivity contribution >= 4 is 74.6 Å². The third kappa shape index (κ3) is 11.3. The van der Waals surface area contributed by atoms with Crippen molar-refractivity contribution in [2.24, 2.45) is 0 Å². The molecule has 11 rings (SSSR count). The summed E-state index contributed by atoms with van der Waals surface area (Å²) in [5, 5.41) is 0. The van der Waals surface area contributed by atoms with Gasteiger partial charge in [0.25, 0.3) is 6.71 Å². The summed E-state index contributed by atoms with van der Waals surface area (Å²) in [5.74, 6) is 1.34. The van der Waals surface area contributed by atoms with Crippen molar-refractivity contribution < 1.29 is 4.42 Å². The molecule has 3 heterocycles. The molecule has 0 amide bonds. The van der Waals surface area contributed by atoms with Crippen molar-refractivity contribution in [3.05, 3.63) is 209 Å². The minimum Gasteiger partial charge on any atom is -0.420 e. The van der Waals surface area contributed by atoms with Crippen LogP contribution in [0.5, 0.6) is 0 Å². The van der Waals surface area contributed by atoms with Crippen molar-refractivity contribution in [3.8, 4) is 22.6 Å². The molecule has 9 aromatic rings. The number of aromatic nitrogens is 1. The van der Waals surface area contributed by atoms with Crippen molar-refractivity contribution in [3.63, 3.8) is 0 Å². The molecule has 85 heavy (non-hydrogen) atoms. The van der Waals surface area contributed by atoms with Crippen LogP contribution in [0.15, 0.2) is 174 Å². The molecule has 0 atom stereocenters. The highest BCUT2D eigenvalue weighted by atomic mass is 16.4. The van der Waals surface area contributed by atoms with E-state index in [-0.39, 0.29) is 44.6 Å². The van der Waals surface area contributed by atoms with Crippen LogP contribution in [0.4, 0.5) is 51.4 Å². The summed E-state index contributed by atoms with van der Waals surface area (Å²) in [6.07, 6.45) is 0. The van der Waals surface area contributed by atoms with Crippen LogP contribution in [0.25, 0.3) is 22.6 Å². The average molecular weight is 1120 g/mol. The van der Waals surface area contributed by atoms with Gasteiger partial charge < -0.3 is 14.2 Å². The molecule has 0 radical (unpaired) electrons. The van der Waals surface area contributed by atoms with E-state index in [9.17, 15) is 0 Å². The Morgan fingerprint density at radius 3 is 1.13 bits per heavy atom. The summed E-state index contributed by atoms with van der Waals surface area (Å²) < 4.78 is 7.50. The van der Waals surface area contributed by atoms with E-state index in [1.54, 1.807) is 0 Å². The molecular formula is C79H91BN4O. The molecule has 2 aliphatic rings. The molecule has 0 spiro atoms. The van der Waals surface area contributed by atoms with Gasteiger partial charge in [0.1, 0.15) is 0 Å². The van der Waals surface area contributed by atoms with Crippen LogP contribution in [0.1, 0.15) is 184 Å². The third-order valence-electron chi connectivity index (χ3n) is 17.8. The first-order valence-electron chi connectivity index (χ1n) is 31.0. The van der Waals surface area contributed by atoms with E-state index in [1.165, 1.54) is 55.4 Å². The normalized spacial score (nSPS) is 13.9. The number of hydrogen-bond donors (Lipinski definition) is 0. The fourth-order valence-electron chi connectivity index (χ4n) is 12.2. The van der Waals surface area contributed by atoms with Gasteiger partial charge in [-0.2, -0.15) is 0 Å². The van der Waals surface area contributed by atoms with Gasteiger partial charge in [-0.3, -0.25) is 4.90 Å². The fraction of sp³-hybridized carbons (Fsp3) is 0.354. The van der Waals surface area contributed by atoms with E-state index in [0.717, 1.165) is 68.1 Å². The van der Waals surface area contributed by atoms with E-state index < -0.39 is 0 Å². The van der Waals surface area contributed by atoms with Crippen LogP contribution >= 0.6 is 0 Å². The summed E-state index contributed by atoms with van der Waals surface area (Å²) in [5.41, 5.74) is 23.9. The van der Waals surface area contributed by atoms with E-state index in [2.05, 4.69) is 330 Å². The van der Waals surface area contributed by atoms with Gasteiger partial charge in [0.2, 0.25) is 11.8 Å². The minimum atomic E-state index is -0.281. The summed E-state index contributed by atoms with van der Waals surface area (Å²) in [4.78, 5) is 13.2. The second kappa shape index (κ2) is 20.6. The minimum absolute atomic E-state index is 0.00673. The Bertz CT molecular complexity index is 3860. The molecule has 1 aromatic heterocycles. The van der Waals surface area contributed by atoms with Gasteiger partial charge in [-0.05, 0) is 184 Å². The van der Waals surface area contributed by atoms with Crippen LogP contribution in [0.3, 0.4) is 0 Å². The van der Waals surface area contributed by atoms with Gasteiger partial charge in [0.15, 0.2) is 0 Å². The predicted octanol–water partition coefficient (Wildman–Crippen LogP) is 20.6. The van der Waals surface area contributed by atoms with Crippen molar-refractivity contribution in [2.75, 3.05) is 14.7 Å². The van der Waals surface area contributed by atoms with Crippen LogP contribution in [-0.4, -0.2) is 11.7 Å². The fourth-order valence-corrected chi connectivity index (χ4v) is 12.2. The average Bonchev–Trinajstić information content (AvgIpc) is 1.86. The number of rotatable bonds is 7. The Balaban J connectivity index is 1.20. The molecule has 0 bridgehead atoms. The van der Waals surface area contributed by atoms with Crippen molar-refractivity contribution in [2.45, 2.75) is 183 Å². The SMILES string of the molecule is CC(C)(C)c1ccc(-c2ccc(-c3nc4c(o3)N(c3cc(C(C)(C)C)cc(C(C)(C)C)c3)c3cc(C(C)(C)C)cc5c3B4c3ccc(N(c4ccc(C(C)(C)C)cc4)c4ccc(C(C)(C)C)cc4)cc3N5c3ccc(C(C)(C)C)cc3)cc2)cc1. The quantitative estimate of drug-likeness (QED) is 0.149. The maximum absolute atomic E-state index is 7.50. The summed E-state index contributed by atoms with van der Waals surface area (Å²) in [6, 6.07) is 64.9. The lowest BCUT2D eigenvalue weighted by Gasteiger charge is -2.43. The number of oxazole rings is 1. The molecule has 2 aliphatic heterocycles. The molecular weight excluding hydrogens is 1030 g/mol. The van der Waals surface area contributed by atoms with Gasteiger partial charge in [-0.25, -0.2) is 4.98 Å². The highest BCUT2D eigenvalue weighted by Crippen LogP contribution is 2.50. The Labute approximate surface area is 510 Å². The van der Waals surface area contributed by atoms with Crippen LogP contribution in [0, 0.1) is 0 Å². The number of fused-ring (bicyclic) bond motifs is 4. The van der Waals surface area contributed by atoms with Crippen molar-refractivity contribution in [1.29, 1.82) is 0 Å². The molecule has 0 saturated carbocycles. The highest BCUT2D eigenvalue weighted by molar-refractivity contribution is 6.99. The zero-order valence-electron chi connectivity index (χ0n) is 54.9. The Kier molecular flexibility index (Phi) is 14.3. The van der Waals surface area contributed by atoms with Gasteiger partial charge >= 0.3 is 0 Å². The number of nitrogens with zero attached hydrogens (tertiary/aromatic N) is 4. The predicted molar refractivity (Wildman–Crippen MR) is 367 cm³/mol. The first-order chi connectivity index (χ1) is 39.5. The Morgan fingerprint density at radius 1 is 0.329 bits per heavy atom. The first kappa shape index (κ1) is 59.2. The third-order valence-corrected chi connectivity index (χ3v) is 17.8. The largest absolute Gasteiger partial charge is 0.420 e. The molecule has 0 fully saturated rings. The Morgan fingerprint density at radius 2 is 0.694 bits per heavy atom. The van der Waals surface area contributed by atoms with E-state index in [1.807, 2.05) is 0 Å². The van der Waals surface area contributed by atoms with Crippen LogP contribution in [-0.2, 0) is 37.9 Å². The van der Waals surface area contributed by atoms with Gasteiger partial charge in [-0.1, -0.05) is 230 Å². The maximum Gasteiger partial charge on any atom is 0.279 e. The Hall–Kier alpha value is -7.57. The highest BCUT2D eigenvalue weighted by Gasteiger charge is 2.48. The van der Waals surface area contributed by atoms with Gasteiger partial charge in [0.05, 0.1) is 5.59 Å². The zero-order chi connectivity index (χ0) is 61.3. The smallest absolute Gasteiger partial charge is 0.279 e. The molecule has 5 nitrogen and oxygen atoms in total. The molecule has 0 saturated heterocycles. The molecule has 6 heteroatoms. The van der Waals surface area contributed by atoms with E-state index in [0.29, 0.717) is 5.89 Å². The molecule has 436 valence electrons. The summed E-state index contributed by atoms with van der Waals surface area (Å²) in [7, 11) is 0. The number of anilines is 9. The van der Waals surface area contributed by atoms with Crippen molar-refractivity contribution in [1.82, 2.24) is 4.98 Å². The zero-order valence-corrected chi connectivity index (χ0v) is 54.9. The number of benzene rings is 8. The maximum atomic E-state index is 7.50. The monoisotopic (exact) mass is 1120 g/mol. The molecule has 0 N–H and O–H groups in total. The van der Waals surface area contributed by atoms with E-state index in [4.69, 9.17) is 9.40 Å². The lowest BCUT2D eigenvalue weighted by molar-refractivity contribution is 0.566. The number of hydrogen-bond acceptors (Lipinski definition) is 5. The second-order valence-corrected chi connectivity index (χ2v) is 31.6. The van der Waals surface area contributed by atoms with Crippen LogP contribution in [0.2, 0.25) is 0 Å². The molecule has 8 aromatic carbocycles. The van der Waals surface area contributed by atoms with Gasteiger partial charge in [-0.15, -0.1) is 0 Å². The van der Waals surface area contributed by atoms with E-state index >= 15 is 0 Å². The summed E-state index contributed by atoms with van der Waals surface area (Å²) >= 11 is 0. The summed E-state index contributed by atoms with van der Waals surface area (Å²) in [6.45, 7) is 48.1.